The molecule has 1 saturated heterocycles. The molecule has 0 unspecified atom stereocenters. The molecular formula is C19H24ClN5O2. The maximum atomic E-state index is 12.4. The Kier molecular flexibility index (Phi) is 6.01. The van der Waals surface area contributed by atoms with Crippen LogP contribution in [0.4, 0.5) is 11.6 Å². The molecule has 1 aliphatic rings. The lowest BCUT2D eigenvalue weighted by atomic mass is 10.2. The largest absolute Gasteiger partial charge is 0.367 e. The monoisotopic (exact) mass is 389 g/mol. The van der Waals surface area contributed by atoms with Crippen molar-refractivity contribution in [3.8, 4) is 0 Å². The zero-order valence-corrected chi connectivity index (χ0v) is 16.4. The van der Waals surface area contributed by atoms with E-state index in [-0.39, 0.29) is 11.5 Å². The molecule has 0 saturated carbocycles. The van der Waals surface area contributed by atoms with Gasteiger partial charge in [0.2, 0.25) is 5.95 Å². The third kappa shape index (κ3) is 4.24. The van der Waals surface area contributed by atoms with E-state index < -0.39 is 5.56 Å². The van der Waals surface area contributed by atoms with Gasteiger partial charge < -0.3 is 14.7 Å². The number of nitrogens with zero attached hydrogens (tertiary/aromatic N) is 4. The lowest BCUT2D eigenvalue weighted by Crippen LogP contribution is -2.47. The molecule has 7 nitrogen and oxygen atoms in total. The highest BCUT2D eigenvalue weighted by molar-refractivity contribution is 6.33. The molecule has 27 heavy (non-hydrogen) atoms. The maximum absolute atomic E-state index is 12.4. The van der Waals surface area contributed by atoms with Crippen molar-refractivity contribution in [1.82, 2.24) is 14.9 Å². The maximum Gasteiger partial charge on any atom is 0.265 e. The molecule has 1 aromatic carbocycles. The summed E-state index contributed by atoms with van der Waals surface area (Å²) < 4.78 is 0. The predicted molar refractivity (Wildman–Crippen MR) is 108 cm³/mol. The average molecular weight is 390 g/mol. The van der Waals surface area contributed by atoms with Gasteiger partial charge in [-0.3, -0.25) is 14.6 Å². The number of nitrogens with one attached hydrogen (secondary N) is 1. The van der Waals surface area contributed by atoms with Gasteiger partial charge in [0.25, 0.3) is 11.5 Å². The number of aromatic amines is 1. The number of para-hydroxylation sites is 1. The molecular weight excluding hydrogens is 366 g/mol. The number of H-pyrrole nitrogens is 1. The van der Waals surface area contributed by atoms with Crippen LogP contribution in [0.3, 0.4) is 0 Å². The fraction of sp³-hybridized carbons (Fsp3) is 0.421. The highest BCUT2D eigenvalue weighted by Gasteiger charge is 2.22. The van der Waals surface area contributed by atoms with Crippen LogP contribution in [0.1, 0.15) is 23.7 Å². The summed E-state index contributed by atoms with van der Waals surface area (Å²) in [5.41, 5.74) is 0.686. The number of amides is 1. The number of halogens is 1. The number of carbonyl (C=O) groups is 1. The average Bonchev–Trinajstić information content (AvgIpc) is 2.68. The van der Waals surface area contributed by atoms with Crippen LogP contribution >= 0.6 is 11.6 Å². The molecule has 2 aromatic rings. The van der Waals surface area contributed by atoms with Crippen LogP contribution in [-0.2, 0) is 0 Å². The number of hydrogen-bond donors (Lipinski definition) is 1. The number of anilines is 2. The topological polar surface area (TPSA) is 72.5 Å². The molecule has 1 aromatic heterocycles. The highest BCUT2D eigenvalue weighted by Crippen LogP contribution is 2.26. The summed E-state index contributed by atoms with van der Waals surface area (Å²) in [7, 11) is 1.69. The van der Waals surface area contributed by atoms with Gasteiger partial charge in [0, 0.05) is 46.0 Å². The first kappa shape index (κ1) is 19.2. The van der Waals surface area contributed by atoms with E-state index in [1.54, 1.807) is 7.05 Å². The molecule has 3 rings (SSSR count). The van der Waals surface area contributed by atoms with E-state index in [0.29, 0.717) is 25.6 Å². The summed E-state index contributed by atoms with van der Waals surface area (Å²) in [5.74, 6) is 0.189. The van der Waals surface area contributed by atoms with Crippen LogP contribution in [0.2, 0.25) is 5.02 Å². The van der Waals surface area contributed by atoms with Gasteiger partial charge in [-0.2, -0.15) is 0 Å². The van der Waals surface area contributed by atoms with Gasteiger partial charge in [-0.15, -0.1) is 0 Å². The predicted octanol–water partition coefficient (Wildman–Crippen LogP) is 2.23. The second kappa shape index (κ2) is 8.43. The lowest BCUT2D eigenvalue weighted by Gasteiger charge is -2.36. The third-order valence-electron chi connectivity index (χ3n) is 4.69. The van der Waals surface area contributed by atoms with E-state index in [2.05, 4.69) is 14.9 Å². The summed E-state index contributed by atoms with van der Waals surface area (Å²) >= 11 is 6.28. The first-order chi connectivity index (χ1) is 13.0. The van der Waals surface area contributed by atoms with Crippen LogP contribution < -0.4 is 15.4 Å². The van der Waals surface area contributed by atoms with Crippen LogP contribution in [-0.4, -0.2) is 60.5 Å². The van der Waals surface area contributed by atoms with Crippen molar-refractivity contribution in [1.29, 1.82) is 0 Å². The van der Waals surface area contributed by atoms with Gasteiger partial charge in [0.1, 0.15) is 5.56 Å². The fourth-order valence-electron chi connectivity index (χ4n) is 3.21. The lowest BCUT2D eigenvalue weighted by molar-refractivity contribution is 0.0793. The van der Waals surface area contributed by atoms with Gasteiger partial charge in [-0.05, 0) is 18.6 Å². The molecule has 0 radical (unpaired) electrons. The Morgan fingerprint density at radius 1 is 1.22 bits per heavy atom. The molecule has 0 atom stereocenters. The molecule has 1 aliphatic heterocycles. The quantitative estimate of drug-likeness (QED) is 0.849. The first-order valence-electron chi connectivity index (χ1n) is 9.10. The number of carbonyl (C=O) groups excluding carboxylic acids is 1. The normalized spacial score (nSPS) is 14.3. The van der Waals surface area contributed by atoms with E-state index in [1.165, 1.54) is 11.1 Å². The second-order valence-electron chi connectivity index (χ2n) is 6.60. The number of piperazine rings is 1. The Morgan fingerprint density at radius 2 is 1.89 bits per heavy atom. The SMILES string of the molecule is CCCN(C)C(=O)c1cnc(N2CCN(c3ccccc3Cl)CC2)[nH]c1=O. The van der Waals surface area contributed by atoms with Crippen LogP contribution in [0.25, 0.3) is 0 Å². The Morgan fingerprint density at radius 3 is 2.52 bits per heavy atom. The molecule has 1 fully saturated rings. The van der Waals surface area contributed by atoms with Gasteiger partial charge in [0.15, 0.2) is 0 Å². The van der Waals surface area contributed by atoms with E-state index in [4.69, 9.17) is 11.6 Å². The summed E-state index contributed by atoms with van der Waals surface area (Å²) in [4.78, 5) is 37.5. The Balaban J connectivity index is 1.68. The van der Waals surface area contributed by atoms with Crippen molar-refractivity contribution in [3.05, 3.63) is 51.4 Å². The van der Waals surface area contributed by atoms with Gasteiger partial charge in [-0.1, -0.05) is 30.7 Å². The van der Waals surface area contributed by atoms with Gasteiger partial charge >= 0.3 is 0 Å². The van der Waals surface area contributed by atoms with Crippen LogP contribution in [0.15, 0.2) is 35.3 Å². The minimum Gasteiger partial charge on any atom is -0.367 e. The van der Waals surface area contributed by atoms with Crippen molar-refractivity contribution in [2.75, 3.05) is 49.6 Å². The Bertz CT molecular complexity index is 861. The summed E-state index contributed by atoms with van der Waals surface area (Å²) in [6.07, 6.45) is 2.21. The van der Waals surface area contributed by atoms with Gasteiger partial charge in [-0.25, -0.2) is 4.98 Å². The molecule has 2 heterocycles. The van der Waals surface area contributed by atoms with Crippen molar-refractivity contribution in [2.45, 2.75) is 13.3 Å². The Hall–Kier alpha value is -2.54. The minimum absolute atomic E-state index is 0.0735. The number of hydrogen-bond acceptors (Lipinski definition) is 5. The molecule has 0 bridgehead atoms. The van der Waals surface area contributed by atoms with E-state index >= 15 is 0 Å². The number of benzene rings is 1. The van der Waals surface area contributed by atoms with Crippen molar-refractivity contribution in [3.63, 3.8) is 0 Å². The number of aromatic nitrogens is 2. The van der Waals surface area contributed by atoms with Crippen LogP contribution in [0.5, 0.6) is 0 Å². The van der Waals surface area contributed by atoms with E-state index in [0.717, 1.165) is 30.2 Å². The standard InChI is InChI=1S/C19H24ClN5O2/c1-3-8-23(2)18(27)14-13-21-19(22-17(14)26)25-11-9-24(10-12-25)16-7-5-4-6-15(16)20/h4-7,13H,3,8-12H2,1-2H3,(H,21,22,26). The highest BCUT2D eigenvalue weighted by atomic mass is 35.5. The third-order valence-corrected chi connectivity index (χ3v) is 5.01. The summed E-state index contributed by atoms with van der Waals surface area (Å²) in [6, 6.07) is 7.77. The molecule has 0 aliphatic carbocycles. The molecule has 1 amide bonds. The van der Waals surface area contributed by atoms with Gasteiger partial charge in [0.05, 0.1) is 10.7 Å². The summed E-state index contributed by atoms with van der Waals surface area (Å²) in [5, 5.41) is 0.733. The number of rotatable bonds is 5. The first-order valence-corrected chi connectivity index (χ1v) is 9.48. The van der Waals surface area contributed by atoms with E-state index in [9.17, 15) is 9.59 Å². The molecule has 144 valence electrons. The fourth-order valence-corrected chi connectivity index (χ4v) is 3.46. The minimum atomic E-state index is -0.401. The molecule has 0 spiro atoms. The zero-order chi connectivity index (χ0) is 19.4. The summed E-state index contributed by atoms with van der Waals surface area (Å²) in [6.45, 7) is 5.54. The zero-order valence-electron chi connectivity index (χ0n) is 15.6. The van der Waals surface area contributed by atoms with Crippen molar-refractivity contribution in [2.24, 2.45) is 0 Å². The molecule has 8 heteroatoms. The molecule has 1 N–H and O–H groups in total. The smallest absolute Gasteiger partial charge is 0.265 e. The Labute approximate surface area is 163 Å². The van der Waals surface area contributed by atoms with E-state index in [1.807, 2.05) is 36.1 Å². The van der Waals surface area contributed by atoms with Crippen LogP contribution in [0, 0.1) is 0 Å². The van der Waals surface area contributed by atoms with Crippen molar-refractivity contribution >= 4 is 29.1 Å². The second-order valence-corrected chi connectivity index (χ2v) is 7.01. The van der Waals surface area contributed by atoms with Crippen molar-refractivity contribution < 1.29 is 4.79 Å².